The van der Waals surface area contributed by atoms with Gasteiger partial charge in [-0.1, -0.05) is 59.6 Å². The summed E-state index contributed by atoms with van der Waals surface area (Å²) in [4.78, 5) is 23.7. The first kappa shape index (κ1) is 23.1. The quantitative estimate of drug-likeness (QED) is 0.409. The molecule has 1 aromatic heterocycles. The van der Waals surface area contributed by atoms with E-state index in [1.165, 1.54) is 0 Å². The lowest BCUT2D eigenvalue weighted by molar-refractivity contribution is -0.145. The molecule has 0 spiro atoms. The predicted molar refractivity (Wildman–Crippen MR) is 132 cm³/mol. The number of methoxy groups -OCH3 is 1. The van der Waals surface area contributed by atoms with E-state index in [0.717, 1.165) is 35.5 Å². The monoisotopic (exact) mass is 497 g/mol. The van der Waals surface area contributed by atoms with Gasteiger partial charge in [0.15, 0.2) is 0 Å². The highest BCUT2D eigenvalue weighted by molar-refractivity contribution is 6.38. The Bertz CT molecular complexity index is 1220. The molecule has 5 rings (SSSR count). The standard InChI is InChI=1S/C26H25Cl2N3O3/c1-3-34-26(32)23-18-12-31(13-19(18)23)14-22-25(33-2)30-21(11-29-22)17-9-6-8-16(24(17)28)15-7-4-5-10-20(15)27/h4-11,18-19,23H,3,12-14H2,1-2H3/t18-,19+,23?. The molecule has 6 nitrogen and oxygen atoms in total. The number of carbonyl (C=O) groups excluding carboxylic acids is 1. The van der Waals surface area contributed by atoms with Gasteiger partial charge in [-0.15, -0.1) is 0 Å². The van der Waals surface area contributed by atoms with Crippen molar-refractivity contribution in [3.8, 4) is 28.3 Å². The van der Waals surface area contributed by atoms with E-state index in [9.17, 15) is 4.79 Å². The van der Waals surface area contributed by atoms with Gasteiger partial charge in [-0.2, -0.15) is 0 Å². The minimum absolute atomic E-state index is 0.0547. The Balaban J connectivity index is 1.34. The molecule has 2 aromatic carbocycles. The third-order valence-electron chi connectivity index (χ3n) is 6.65. The average Bonchev–Trinajstić information content (AvgIpc) is 3.35. The number of carbonyl (C=O) groups is 1. The fourth-order valence-electron chi connectivity index (χ4n) is 4.96. The second-order valence-electron chi connectivity index (χ2n) is 8.66. The van der Waals surface area contributed by atoms with Crippen molar-refractivity contribution in [2.24, 2.45) is 17.8 Å². The van der Waals surface area contributed by atoms with E-state index in [1.807, 2.05) is 49.4 Å². The Morgan fingerprint density at radius 3 is 2.47 bits per heavy atom. The number of esters is 1. The van der Waals surface area contributed by atoms with E-state index >= 15 is 0 Å². The maximum Gasteiger partial charge on any atom is 0.309 e. The maximum atomic E-state index is 12.0. The van der Waals surface area contributed by atoms with E-state index in [0.29, 0.717) is 46.6 Å². The highest BCUT2D eigenvalue weighted by Crippen LogP contribution is 2.52. The van der Waals surface area contributed by atoms with Crippen LogP contribution in [-0.2, 0) is 16.1 Å². The number of nitrogens with zero attached hydrogens (tertiary/aromatic N) is 3. The number of benzene rings is 2. The fraction of sp³-hybridized carbons (Fsp3) is 0.346. The Morgan fingerprint density at radius 2 is 1.76 bits per heavy atom. The van der Waals surface area contributed by atoms with Crippen molar-refractivity contribution in [2.75, 3.05) is 26.8 Å². The second kappa shape index (κ2) is 9.53. The number of hydrogen-bond donors (Lipinski definition) is 0. The zero-order chi connectivity index (χ0) is 23.8. The Morgan fingerprint density at radius 1 is 1.06 bits per heavy atom. The van der Waals surface area contributed by atoms with Gasteiger partial charge < -0.3 is 9.47 Å². The molecule has 1 saturated heterocycles. The van der Waals surface area contributed by atoms with Crippen LogP contribution in [0.5, 0.6) is 5.88 Å². The van der Waals surface area contributed by atoms with Crippen molar-refractivity contribution in [1.82, 2.24) is 14.9 Å². The summed E-state index contributed by atoms with van der Waals surface area (Å²) in [5, 5.41) is 1.19. The molecule has 0 N–H and O–H groups in total. The van der Waals surface area contributed by atoms with Gasteiger partial charge in [-0.3, -0.25) is 14.7 Å². The number of ether oxygens (including phenoxy) is 2. The first-order chi connectivity index (χ1) is 16.5. The molecule has 0 bridgehead atoms. The molecule has 1 aliphatic heterocycles. The van der Waals surface area contributed by atoms with E-state index in [4.69, 9.17) is 37.7 Å². The van der Waals surface area contributed by atoms with Crippen LogP contribution in [0, 0.1) is 17.8 Å². The van der Waals surface area contributed by atoms with Gasteiger partial charge >= 0.3 is 5.97 Å². The molecule has 8 heteroatoms. The molecule has 0 radical (unpaired) electrons. The van der Waals surface area contributed by atoms with Gasteiger partial charge in [0.25, 0.3) is 0 Å². The van der Waals surface area contributed by atoms with Crippen LogP contribution >= 0.6 is 23.2 Å². The van der Waals surface area contributed by atoms with Gasteiger partial charge in [0, 0.05) is 41.3 Å². The van der Waals surface area contributed by atoms with Gasteiger partial charge in [-0.05, 0) is 24.8 Å². The van der Waals surface area contributed by atoms with Crippen molar-refractivity contribution < 1.29 is 14.3 Å². The van der Waals surface area contributed by atoms with E-state index in [2.05, 4.69) is 9.88 Å². The topological polar surface area (TPSA) is 64.5 Å². The molecule has 1 unspecified atom stereocenters. The summed E-state index contributed by atoms with van der Waals surface area (Å²) in [5.74, 6) is 1.22. The zero-order valence-corrected chi connectivity index (χ0v) is 20.5. The van der Waals surface area contributed by atoms with Crippen LogP contribution in [0.2, 0.25) is 10.0 Å². The second-order valence-corrected chi connectivity index (χ2v) is 9.44. The van der Waals surface area contributed by atoms with Crippen molar-refractivity contribution >= 4 is 29.2 Å². The molecule has 0 amide bonds. The van der Waals surface area contributed by atoms with Crippen LogP contribution in [0.4, 0.5) is 0 Å². The normalized spacial score (nSPS) is 21.2. The summed E-state index contributed by atoms with van der Waals surface area (Å²) in [5.41, 5.74) is 3.85. The SMILES string of the molecule is CCOC(=O)C1[C@H]2CN(Cc3ncc(-c4cccc(-c5ccccc5Cl)c4Cl)nc3OC)C[C@@H]12. The average molecular weight is 498 g/mol. The summed E-state index contributed by atoms with van der Waals surface area (Å²) >= 11 is 13.2. The fourth-order valence-corrected chi connectivity index (χ4v) is 5.52. The largest absolute Gasteiger partial charge is 0.480 e. The Kier molecular flexibility index (Phi) is 6.47. The summed E-state index contributed by atoms with van der Waals surface area (Å²) in [6.45, 7) is 4.60. The number of fused-ring (bicyclic) bond motifs is 1. The first-order valence-electron chi connectivity index (χ1n) is 11.3. The van der Waals surface area contributed by atoms with Crippen LogP contribution in [0.1, 0.15) is 12.6 Å². The smallest absolute Gasteiger partial charge is 0.309 e. The number of halogens is 2. The van der Waals surface area contributed by atoms with E-state index < -0.39 is 0 Å². The van der Waals surface area contributed by atoms with Crippen LogP contribution in [0.3, 0.4) is 0 Å². The van der Waals surface area contributed by atoms with Crippen molar-refractivity contribution in [2.45, 2.75) is 13.5 Å². The predicted octanol–water partition coefficient (Wildman–Crippen LogP) is 5.37. The highest BCUT2D eigenvalue weighted by atomic mass is 35.5. The summed E-state index contributed by atoms with van der Waals surface area (Å²) in [6.07, 6.45) is 1.73. The van der Waals surface area contributed by atoms with Crippen LogP contribution in [0.25, 0.3) is 22.4 Å². The maximum absolute atomic E-state index is 12.0. The number of hydrogen-bond acceptors (Lipinski definition) is 6. The molecule has 3 aromatic rings. The van der Waals surface area contributed by atoms with Gasteiger partial charge in [0.2, 0.25) is 5.88 Å². The summed E-state index contributed by atoms with van der Waals surface area (Å²) in [6, 6.07) is 13.4. The molecule has 1 aliphatic carbocycles. The van der Waals surface area contributed by atoms with Crippen LogP contribution in [0.15, 0.2) is 48.7 Å². The van der Waals surface area contributed by atoms with Crippen molar-refractivity contribution in [1.29, 1.82) is 0 Å². The molecule has 34 heavy (non-hydrogen) atoms. The Labute approximate surface area is 208 Å². The van der Waals surface area contributed by atoms with Crippen molar-refractivity contribution in [3.63, 3.8) is 0 Å². The molecule has 3 atom stereocenters. The molecular formula is C26H25Cl2N3O3. The summed E-state index contributed by atoms with van der Waals surface area (Å²) < 4.78 is 10.8. The lowest BCUT2D eigenvalue weighted by Gasteiger charge is -2.20. The molecular weight excluding hydrogens is 473 g/mol. The molecule has 176 valence electrons. The molecule has 1 saturated carbocycles. The molecule has 2 heterocycles. The lowest BCUT2D eigenvalue weighted by atomic mass is 10.0. The van der Waals surface area contributed by atoms with E-state index in [-0.39, 0.29) is 11.9 Å². The molecule has 2 aliphatic rings. The molecule has 2 fully saturated rings. The van der Waals surface area contributed by atoms with Gasteiger partial charge in [-0.25, -0.2) is 4.98 Å². The number of likely N-dealkylation sites (tertiary alicyclic amines) is 1. The number of rotatable bonds is 7. The van der Waals surface area contributed by atoms with Gasteiger partial charge in [0.1, 0.15) is 5.69 Å². The minimum atomic E-state index is -0.0604. The number of piperidine rings is 1. The number of aromatic nitrogens is 2. The van der Waals surface area contributed by atoms with Crippen LogP contribution in [-0.4, -0.2) is 47.6 Å². The van der Waals surface area contributed by atoms with E-state index in [1.54, 1.807) is 13.3 Å². The lowest BCUT2D eigenvalue weighted by Crippen LogP contribution is -2.27. The highest BCUT2D eigenvalue weighted by Gasteiger charge is 2.60. The zero-order valence-electron chi connectivity index (χ0n) is 19.0. The van der Waals surface area contributed by atoms with Crippen LogP contribution < -0.4 is 4.74 Å². The Hall–Kier alpha value is -2.67. The van der Waals surface area contributed by atoms with Crippen molar-refractivity contribution in [3.05, 3.63) is 64.4 Å². The summed E-state index contributed by atoms with van der Waals surface area (Å²) in [7, 11) is 1.59. The first-order valence-corrected chi connectivity index (χ1v) is 12.1. The van der Waals surface area contributed by atoms with Gasteiger partial charge in [0.05, 0.1) is 36.5 Å². The minimum Gasteiger partial charge on any atom is -0.480 e. The third kappa shape index (κ3) is 4.26. The third-order valence-corrected chi connectivity index (χ3v) is 7.38.